The highest BCUT2D eigenvalue weighted by molar-refractivity contribution is 5.84. The van der Waals surface area contributed by atoms with Gasteiger partial charge in [0, 0.05) is 5.56 Å². The molecule has 1 aliphatic carbocycles. The SMILES string of the molecule is [C-]#[N+]C1(c2ccccc2)c2ccccc2-c2ccccc21. The van der Waals surface area contributed by atoms with Gasteiger partial charge in [-0.05, 0) is 23.3 Å². The maximum absolute atomic E-state index is 7.97. The van der Waals surface area contributed by atoms with Gasteiger partial charge in [0.1, 0.15) is 0 Å². The molecule has 98 valence electrons. The number of benzene rings is 3. The van der Waals surface area contributed by atoms with E-state index in [9.17, 15) is 0 Å². The van der Waals surface area contributed by atoms with Gasteiger partial charge in [0.05, 0.1) is 11.1 Å². The zero-order valence-electron chi connectivity index (χ0n) is 11.5. The minimum absolute atomic E-state index is 0.714. The van der Waals surface area contributed by atoms with Crippen molar-refractivity contribution < 1.29 is 0 Å². The van der Waals surface area contributed by atoms with E-state index in [4.69, 9.17) is 6.57 Å². The standard InChI is InChI=1S/C20H13N/c1-21-20(15-9-3-2-4-10-15)18-13-7-5-11-16(18)17-12-6-8-14-19(17)20/h2-14H. The summed E-state index contributed by atoms with van der Waals surface area (Å²) >= 11 is 0. The van der Waals surface area contributed by atoms with Crippen molar-refractivity contribution in [3.05, 3.63) is 107 Å². The van der Waals surface area contributed by atoms with Crippen LogP contribution in [0.5, 0.6) is 0 Å². The summed E-state index contributed by atoms with van der Waals surface area (Å²) in [5.74, 6) is 0. The molecule has 0 saturated carbocycles. The lowest BCUT2D eigenvalue weighted by molar-refractivity contribution is 0.798. The molecule has 0 atom stereocenters. The molecule has 1 aliphatic rings. The third kappa shape index (κ3) is 1.45. The summed E-state index contributed by atoms with van der Waals surface area (Å²) in [6.45, 7) is 7.97. The summed E-state index contributed by atoms with van der Waals surface area (Å²) < 4.78 is 0. The molecule has 1 heteroatoms. The Morgan fingerprint density at radius 2 is 1.10 bits per heavy atom. The quantitative estimate of drug-likeness (QED) is 0.554. The maximum atomic E-state index is 7.97. The minimum atomic E-state index is -0.714. The highest BCUT2D eigenvalue weighted by Gasteiger charge is 2.50. The first-order valence-corrected chi connectivity index (χ1v) is 7.01. The molecule has 0 heterocycles. The third-order valence-electron chi connectivity index (χ3n) is 4.28. The highest BCUT2D eigenvalue weighted by Crippen LogP contribution is 2.53. The van der Waals surface area contributed by atoms with Crippen LogP contribution in [0.1, 0.15) is 16.7 Å². The monoisotopic (exact) mass is 267 g/mol. The lowest BCUT2D eigenvalue weighted by Gasteiger charge is -2.19. The second kappa shape index (κ2) is 4.33. The predicted octanol–water partition coefficient (Wildman–Crippen LogP) is 4.88. The van der Waals surface area contributed by atoms with E-state index in [1.54, 1.807) is 0 Å². The third-order valence-corrected chi connectivity index (χ3v) is 4.28. The largest absolute Gasteiger partial charge is 0.308 e. The van der Waals surface area contributed by atoms with Gasteiger partial charge >= 0.3 is 5.54 Å². The molecule has 0 saturated heterocycles. The molecule has 1 nitrogen and oxygen atoms in total. The zero-order chi connectivity index (χ0) is 14.3. The van der Waals surface area contributed by atoms with E-state index in [0.717, 1.165) is 16.7 Å². The van der Waals surface area contributed by atoms with Gasteiger partial charge in [0.25, 0.3) is 0 Å². The molecule has 0 spiro atoms. The molecule has 0 radical (unpaired) electrons. The Kier molecular flexibility index (Phi) is 2.46. The summed E-state index contributed by atoms with van der Waals surface area (Å²) in [6, 6.07) is 26.6. The van der Waals surface area contributed by atoms with Gasteiger partial charge in [-0.1, -0.05) is 66.7 Å². The minimum Gasteiger partial charge on any atom is -0.295 e. The molecule has 0 fully saturated rings. The van der Waals surface area contributed by atoms with Crippen LogP contribution >= 0.6 is 0 Å². The average molecular weight is 267 g/mol. The van der Waals surface area contributed by atoms with Crippen LogP contribution in [-0.2, 0) is 5.54 Å². The van der Waals surface area contributed by atoms with Gasteiger partial charge in [-0.2, -0.15) is 0 Å². The van der Waals surface area contributed by atoms with Crippen LogP contribution in [0, 0.1) is 6.57 Å². The molecule has 0 aromatic heterocycles. The van der Waals surface area contributed by atoms with Crippen molar-refractivity contribution in [3.8, 4) is 11.1 Å². The maximum Gasteiger partial charge on any atom is 0.308 e. The van der Waals surface area contributed by atoms with E-state index in [2.05, 4.69) is 41.2 Å². The van der Waals surface area contributed by atoms with E-state index < -0.39 is 5.54 Å². The second-order valence-corrected chi connectivity index (χ2v) is 5.28. The second-order valence-electron chi connectivity index (χ2n) is 5.28. The van der Waals surface area contributed by atoms with Crippen LogP contribution in [-0.4, -0.2) is 0 Å². The fourth-order valence-electron chi connectivity index (χ4n) is 3.39. The molecule has 3 aromatic rings. The lowest BCUT2D eigenvalue weighted by Crippen LogP contribution is -2.22. The van der Waals surface area contributed by atoms with Gasteiger partial charge < -0.3 is 0 Å². The Balaban J connectivity index is 2.16. The van der Waals surface area contributed by atoms with Gasteiger partial charge in [0.2, 0.25) is 0 Å². The van der Waals surface area contributed by atoms with Gasteiger partial charge in [0.15, 0.2) is 0 Å². The average Bonchev–Trinajstić information content (AvgIpc) is 2.87. The summed E-state index contributed by atoms with van der Waals surface area (Å²) in [5, 5.41) is 0. The van der Waals surface area contributed by atoms with E-state index in [-0.39, 0.29) is 0 Å². The smallest absolute Gasteiger partial charge is 0.295 e. The number of hydrogen-bond acceptors (Lipinski definition) is 0. The molecule has 0 amide bonds. The predicted molar refractivity (Wildman–Crippen MR) is 84.8 cm³/mol. The Morgan fingerprint density at radius 3 is 1.62 bits per heavy atom. The number of nitrogens with zero attached hydrogens (tertiary/aromatic N) is 1. The fourth-order valence-corrected chi connectivity index (χ4v) is 3.39. The fraction of sp³-hybridized carbons (Fsp3) is 0.0500. The Hall–Kier alpha value is -2.85. The summed E-state index contributed by atoms with van der Waals surface area (Å²) in [4.78, 5) is 4.12. The molecule has 0 unspecified atom stereocenters. The van der Waals surface area contributed by atoms with Crippen molar-refractivity contribution in [1.82, 2.24) is 0 Å². The van der Waals surface area contributed by atoms with E-state index in [0.29, 0.717) is 0 Å². The molecule has 3 aromatic carbocycles. The van der Waals surface area contributed by atoms with Crippen LogP contribution in [0.15, 0.2) is 78.9 Å². The van der Waals surface area contributed by atoms with Gasteiger partial charge in [-0.15, -0.1) is 0 Å². The van der Waals surface area contributed by atoms with Crippen molar-refractivity contribution >= 4 is 0 Å². The van der Waals surface area contributed by atoms with Crippen LogP contribution in [0.25, 0.3) is 16.0 Å². The summed E-state index contributed by atoms with van der Waals surface area (Å²) in [7, 11) is 0. The number of fused-ring (bicyclic) bond motifs is 3. The van der Waals surface area contributed by atoms with Crippen molar-refractivity contribution in [2.45, 2.75) is 5.54 Å². The first-order valence-electron chi connectivity index (χ1n) is 7.01. The van der Waals surface area contributed by atoms with E-state index in [1.165, 1.54) is 11.1 Å². The molecule has 0 aliphatic heterocycles. The normalized spacial score (nSPS) is 14.0. The van der Waals surface area contributed by atoms with Crippen LogP contribution in [0.3, 0.4) is 0 Å². The Bertz CT molecular complexity index is 811. The van der Waals surface area contributed by atoms with Crippen LogP contribution in [0.4, 0.5) is 0 Å². The zero-order valence-corrected chi connectivity index (χ0v) is 11.5. The Morgan fingerprint density at radius 1 is 0.619 bits per heavy atom. The van der Waals surface area contributed by atoms with E-state index >= 15 is 0 Å². The van der Waals surface area contributed by atoms with Crippen LogP contribution < -0.4 is 0 Å². The van der Waals surface area contributed by atoms with Crippen molar-refractivity contribution in [2.24, 2.45) is 0 Å². The molecular weight excluding hydrogens is 254 g/mol. The van der Waals surface area contributed by atoms with Gasteiger partial charge in [-0.3, -0.25) is 4.85 Å². The van der Waals surface area contributed by atoms with Crippen LogP contribution in [0.2, 0.25) is 0 Å². The molecule has 21 heavy (non-hydrogen) atoms. The lowest BCUT2D eigenvalue weighted by atomic mass is 9.81. The molecule has 0 bridgehead atoms. The van der Waals surface area contributed by atoms with E-state index in [1.807, 2.05) is 42.5 Å². The summed E-state index contributed by atoms with van der Waals surface area (Å²) in [5.41, 5.74) is 4.85. The first kappa shape index (κ1) is 11.9. The number of rotatable bonds is 1. The Labute approximate surface area is 124 Å². The van der Waals surface area contributed by atoms with Crippen molar-refractivity contribution in [2.75, 3.05) is 0 Å². The highest BCUT2D eigenvalue weighted by atomic mass is 14.8. The summed E-state index contributed by atoms with van der Waals surface area (Å²) in [6.07, 6.45) is 0. The molecule has 4 rings (SSSR count). The van der Waals surface area contributed by atoms with Gasteiger partial charge in [-0.25, -0.2) is 6.57 Å². The first-order chi connectivity index (χ1) is 10.4. The van der Waals surface area contributed by atoms with Crippen molar-refractivity contribution in [3.63, 3.8) is 0 Å². The van der Waals surface area contributed by atoms with Crippen molar-refractivity contribution in [1.29, 1.82) is 0 Å². The molecule has 0 N–H and O–H groups in total. The number of hydrogen-bond donors (Lipinski definition) is 0. The molecular formula is C20H13N. The topological polar surface area (TPSA) is 4.36 Å².